The quantitative estimate of drug-likeness (QED) is 0.0145. The van der Waals surface area contributed by atoms with E-state index in [4.69, 9.17) is 51.5 Å². The Kier molecular flexibility index (Phi) is 56.1. The number of nitrogens with one attached hydrogen (secondary N) is 2. The van der Waals surface area contributed by atoms with Gasteiger partial charge in [-0.15, -0.1) is 13.2 Å². The van der Waals surface area contributed by atoms with Gasteiger partial charge in [-0.2, -0.15) is 0 Å². The van der Waals surface area contributed by atoms with Crippen LogP contribution in [0.15, 0.2) is 62.5 Å². The van der Waals surface area contributed by atoms with Crippen molar-refractivity contribution in [3.63, 3.8) is 0 Å². The second-order valence-corrected chi connectivity index (χ2v) is 28.7. The summed E-state index contributed by atoms with van der Waals surface area (Å²) in [5.74, 6) is -0.719. The van der Waals surface area contributed by atoms with Crippen LogP contribution in [0, 0.1) is 5.92 Å². The minimum Gasteiger partial charge on any atom is -0.471 e. The molecular weight excluding hydrogens is 1260 g/mol. The molecule has 0 aliphatic carbocycles. The van der Waals surface area contributed by atoms with Gasteiger partial charge < -0.3 is 48.5 Å². The lowest BCUT2D eigenvalue weighted by Crippen LogP contribution is -2.67. The highest BCUT2D eigenvalue weighted by Crippen LogP contribution is 2.53. The molecule has 98 heavy (non-hydrogen) atoms. The molecule has 0 bridgehead atoms. The van der Waals surface area contributed by atoms with Gasteiger partial charge in [-0.25, -0.2) is 9.36 Å². The maximum absolute atomic E-state index is 14.7. The molecule has 568 valence electrons. The maximum atomic E-state index is 14.7. The van der Waals surface area contributed by atoms with Crippen LogP contribution in [0.5, 0.6) is 0 Å². The largest absolute Gasteiger partial charge is 0.509 e. The maximum Gasteiger partial charge on any atom is 0.509 e. The van der Waals surface area contributed by atoms with Gasteiger partial charge in [0.2, 0.25) is 18.1 Å². The zero-order chi connectivity index (χ0) is 71.5. The summed E-state index contributed by atoms with van der Waals surface area (Å²) in [6, 6.07) is -2.21. The van der Waals surface area contributed by atoms with Gasteiger partial charge in [-0.05, 0) is 70.6 Å². The first-order valence-electron chi connectivity index (χ1n) is 39.2. The zero-order valence-electron chi connectivity index (χ0n) is 62.7. The Morgan fingerprint density at radius 3 is 1.52 bits per heavy atom. The van der Waals surface area contributed by atoms with E-state index in [0.717, 1.165) is 116 Å². The fourth-order valence-corrected chi connectivity index (χ4v) is 13.8. The van der Waals surface area contributed by atoms with Crippen molar-refractivity contribution in [3.8, 4) is 0 Å². The molecule has 2 rings (SSSR count). The fraction of sp³-hybridized carbons (Fsp3) is 0.823. The number of phosphoric ester groups is 1. The van der Waals surface area contributed by atoms with E-state index in [1.165, 1.54) is 121 Å². The van der Waals surface area contributed by atoms with Crippen molar-refractivity contribution < 1.29 is 75.2 Å². The van der Waals surface area contributed by atoms with Gasteiger partial charge in [0.1, 0.15) is 48.9 Å². The number of hydrogen-bond donors (Lipinski definition) is 2. The number of Topliss-reactive ketones (excluding diaryl/α,β-unsaturated/α-hetero) is 1. The molecule has 2 heterocycles. The molecule has 19 heteroatoms. The summed E-state index contributed by atoms with van der Waals surface area (Å²) < 4.78 is 85.1. The van der Waals surface area contributed by atoms with Crippen molar-refractivity contribution in [1.29, 1.82) is 0 Å². The van der Waals surface area contributed by atoms with E-state index in [9.17, 15) is 23.7 Å². The summed E-state index contributed by atoms with van der Waals surface area (Å²) in [5.41, 5.74) is 0. The molecule has 2 aliphatic rings. The summed E-state index contributed by atoms with van der Waals surface area (Å²) >= 11 is 0. The lowest BCUT2D eigenvalue weighted by molar-refractivity contribution is -0.301. The number of amides is 2. The van der Waals surface area contributed by atoms with Gasteiger partial charge >= 0.3 is 14.0 Å². The van der Waals surface area contributed by atoms with E-state index in [1.54, 1.807) is 13.0 Å². The van der Waals surface area contributed by atoms with Gasteiger partial charge in [-0.3, -0.25) is 28.0 Å². The smallest absolute Gasteiger partial charge is 0.471 e. The molecule has 0 saturated carbocycles. The van der Waals surface area contributed by atoms with E-state index in [0.29, 0.717) is 38.0 Å². The zero-order valence-corrected chi connectivity index (χ0v) is 63.6. The fourth-order valence-electron chi connectivity index (χ4n) is 12.5. The first-order valence-corrected chi connectivity index (χ1v) is 40.7. The summed E-state index contributed by atoms with van der Waals surface area (Å²) in [7, 11) is -4.39. The SMILES string of the molecule is C=CCOC(=O)O[C@H]1[C@H](OCCCCCCCCCC)[C@@H](NC(=O)CC(=O)CCCCCCCCCCC)C(O/C=C\C)O[C@@H]1CO[C@@H]1O[C@H](CC)[C@@H](OP(=O)(OCC=C)OCC=C)[C@H](OCC[C@H](C)CCCCCCC)[C@H]1NC(=O)CCCCCCCCC/C=C\CCCCCC. The molecule has 0 spiro atoms. The number of ether oxygens (including phenoxy) is 8. The Bertz CT molecular complexity index is 2130. The van der Waals surface area contributed by atoms with Crippen molar-refractivity contribution in [3.05, 3.63) is 62.5 Å². The highest BCUT2D eigenvalue weighted by molar-refractivity contribution is 7.48. The van der Waals surface area contributed by atoms with Gasteiger partial charge in [0, 0.05) is 26.1 Å². The molecule has 2 fully saturated rings. The van der Waals surface area contributed by atoms with E-state index in [2.05, 4.69) is 77.1 Å². The van der Waals surface area contributed by atoms with Crippen LogP contribution in [0.4, 0.5) is 4.79 Å². The highest BCUT2D eigenvalue weighted by Gasteiger charge is 2.54. The lowest BCUT2D eigenvalue weighted by atomic mass is 9.94. The summed E-state index contributed by atoms with van der Waals surface area (Å²) in [4.78, 5) is 56.1. The molecular formula is C79H141N2O16P. The number of carbonyl (C=O) groups is 4. The Morgan fingerprint density at radius 2 is 0.969 bits per heavy atom. The average Bonchev–Trinajstić information content (AvgIpc) is 0.784. The monoisotopic (exact) mass is 1410 g/mol. The summed E-state index contributed by atoms with van der Waals surface area (Å²) in [6.07, 6.45) is 42.3. The first kappa shape index (κ1) is 90.4. The molecule has 2 aliphatic heterocycles. The van der Waals surface area contributed by atoms with Crippen LogP contribution in [0.25, 0.3) is 0 Å². The van der Waals surface area contributed by atoms with Crippen molar-refractivity contribution in [2.24, 2.45) is 5.92 Å². The van der Waals surface area contributed by atoms with Crippen LogP contribution in [0.1, 0.15) is 312 Å². The van der Waals surface area contributed by atoms with E-state index < -0.39 is 81.2 Å². The van der Waals surface area contributed by atoms with Crippen molar-refractivity contribution >= 4 is 31.6 Å². The number of rotatable bonds is 66. The normalized spacial score (nSPS) is 21.5. The van der Waals surface area contributed by atoms with Crippen LogP contribution in [0.3, 0.4) is 0 Å². The molecule has 0 aromatic carbocycles. The van der Waals surface area contributed by atoms with Crippen molar-refractivity contribution in [1.82, 2.24) is 10.6 Å². The second kappa shape index (κ2) is 60.8. The summed E-state index contributed by atoms with van der Waals surface area (Å²) in [6.45, 7) is 25.6. The first-order chi connectivity index (χ1) is 47.8. The third-order valence-electron chi connectivity index (χ3n) is 18.2. The predicted molar refractivity (Wildman–Crippen MR) is 395 cm³/mol. The molecule has 0 radical (unpaired) electrons. The predicted octanol–water partition coefficient (Wildman–Crippen LogP) is 20.2. The number of phosphoric acid groups is 1. The Labute approximate surface area is 595 Å². The Balaban J connectivity index is 2.69. The van der Waals surface area contributed by atoms with Crippen molar-refractivity contribution in [2.75, 3.05) is 39.6 Å². The third kappa shape index (κ3) is 42.6. The highest BCUT2D eigenvalue weighted by atomic mass is 31.2. The molecule has 11 atom stereocenters. The molecule has 2 amide bonds. The molecule has 18 nitrogen and oxygen atoms in total. The molecule has 0 aromatic rings. The number of allylic oxidation sites excluding steroid dienone is 3. The van der Waals surface area contributed by atoms with Gasteiger partial charge in [-0.1, -0.05) is 271 Å². The van der Waals surface area contributed by atoms with Crippen LogP contribution in [-0.2, 0) is 70.4 Å². The third-order valence-corrected chi connectivity index (χ3v) is 19.7. The van der Waals surface area contributed by atoms with E-state index >= 15 is 0 Å². The Hall–Kier alpha value is -3.71. The van der Waals surface area contributed by atoms with Crippen LogP contribution >= 0.6 is 7.82 Å². The summed E-state index contributed by atoms with van der Waals surface area (Å²) in [5, 5.41) is 6.27. The van der Waals surface area contributed by atoms with Gasteiger partial charge in [0.15, 0.2) is 12.4 Å². The van der Waals surface area contributed by atoms with E-state index in [-0.39, 0.29) is 70.6 Å². The number of carbonyl (C=O) groups excluding carboxylic acids is 4. The van der Waals surface area contributed by atoms with Gasteiger partial charge in [0.25, 0.3) is 0 Å². The Morgan fingerprint density at radius 1 is 0.500 bits per heavy atom. The minimum absolute atomic E-state index is 0.154. The number of hydrogen-bond acceptors (Lipinski definition) is 16. The number of unbranched alkanes of at least 4 members (excludes halogenated alkanes) is 30. The van der Waals surface area contributed by atoms with Crippen LogP contribution < -0.4 is 10.6 Å². The molecule has 2 saturated heterocycles. The van der Waals surface area contributed by atoms with Gasteiger partial charge in [0.05, 0.1) is 38.6 Å². The second-order valence-electron chi connectivity index (χ2n) is 27.1. The average molecular weight is 1410 g/mol. The molecule has 1 unspecified atom stereocenters. The topological polar surface area (TPSA) is 211 Å². The molecule has 2 N–H and O–H groups in total. The van der Waals surface area contributed by atoms with Crippen LogP contribution in [0.2, 0.25) is 0 Å². The van der Waals surface area contributed by atoms with Crippen LogP contribution in [-0.4, -0.2) is 125 Å². The van der Waals surface area contributed by atoms with Crippen molar-refractivity contribution in [2.45, 2.75) is 373 Å². The lowest BCUT2D eigenvalue weighted by Gasteiger charge is -2.48. The van der Waals surface area contributed by atoms with E-state index in [1.807, 2.05) is 6.92 Å². The molecule has 0 aromatic heterocycles. The standard InChI is InChI=1S/C79H141N2O16P/c1-11-20-24-28-31-34-35-36-37-38-39-41-43-47-51-55-69(83)80-72-76(88-62-56-65(10)53-49-45-27-23-14-4)74(97-98(86,92-59-17-7)93-60-18-8)67(19-9)94-78(72)91-64-68-73(96-79(85)90-58-16-6)75(87-61-52-48-44-33-30-26-22-13-3)71(77(95-68)89-57-15-5)81-70(84)63-66(82)54-50-46-42-40-32-29-25-21-12-2/h15-18,34-35,57,65,67-68,71-78H,6-8,11-14,19-33,36-56,58-64H2,1-5,9-10H3,(H,80,83)(H,81,84)/b35-34-,57-15-/t65-,67-,68-,71-,72-,73-,74-,75-,76-,77?,78-/m1/s1. The number of ketones is 1. The minimum atomic E-state index is -4.39.